The number of hydrogen-bond acceptors (Lipinski definition) is 4. The Morgan fingerprint density at radius 1 is 1.25 bits per heavy atom. The summed E-state index contributed by atoms with van der Waals surface area (Å²) in [5.41, 5.74) is 5.71. The van der Waals surface area contributed by atoms with E-state index in [-0.39, 0.29) is 23.5 Å². The second-order valence-electron chi connectivity index (χ2n) is 5.83. The van der Waals surface area contributed by atoms with Gasteiger partial charge in [0.05, 0.1) is 6.42 Å². The van der Waals surface area contributed by atoms with Gasteiger partial charge < -0.3 is 5.73 Å². The van der Waals surface area contributed by atoms with E-state index in [1.54, 1.807) is 0 Å². The van der Waals surface area contributed by atoms with Crippen molar-refractivity contribution < 1.29 is 14.6 Å². The van der Waals surface area contributed by atoms with Gasteiger partial charge in [-0.3, -0.25) is 4.89 Å². The molecule has 16 heavy (non-hydrogen) atoms. The van der Waals surface area contributed by atoms with E-state index in [1.165, 1.54) is 0 Å². The molecular formula is C12H23NO3. The van der Waals surface area contributed by atoms with Gasteiger partial charge in [-0.25, -0.2) is 4.79 Å². The largest absolute Gasteiger partial charge is 0.342 e. The standard InChI is InChI=1S/C12H23NO3/c1-12(2,3)8-11(14)16-15-10-6-4-9(13)5-7-10/h9-10H,4-8,13H2,1-3H3. The van der Waals surface area contributed by atoms with Gasteiger partial charge in [-0.2, -0.15) is 4.89 Å². The van der Waals surface area contributed by atoms with Crippen LogP contribution in [0.1, 0.15) is 52.9 Å². The lowest BCUT2D eigenvalue weighted by Gasteiger charge is -2.25. The zero-order chi connectivity index (χ0) is 12.2. The number of carbonyl (C=O) groups excluding carboxylic acids is 1. The molecule has 0 bridgehead atoms. The van der Waals surface area contributed by atoms with Crippen LogP contribution in [-0.2, 0) is 14.6 Å². The molecule has 1 aliphatic carbocycles. The minimum absolute atomic E-state index is 0.0312. The average molecular weight is 229 g/mol. The molecule has 0 radical (unpaired) electrons. The maximum atomic E-state index is 11.4. The van der Waals surface area contributed by atoms with Gasteiger partial charge in [0.15, 0.2) is 0 Å². The topological polar surface area (TPSA) is 61.5 Å². The van der Waals surface area contributed by atoms with Crippen LogP contribution >= 0.6 is 0 Å². The van der Waals surface area contributed by atoms with Crippen molar-refractivity contribution in [1.29, 1.82) is 0 Å². The number of rotatable bonds is 3. The first kappa shape index (κ1) is 13.5. The van der Waals surface area contributed by atoms with Crippen molar-refractivity contribution in [3.05, 3.63) is 0 Å². The second-order valence-corrected chi connectivity index (χ2v) is 5.83. The third-order valence-corrected chi connectivity index (χ3v) is 2.67. The van der Waals surface area contributed by atoms with Crippen molar-refractivity contribution in [2.24, 2.45) is 11.1 Å². The molecule has 1 saturated carbocycles. The molecule has 0 spiro atoms. The minimum atomic E-state index is -0.289. The van der Waals surface area contributed by atoms with Gasteiger partial charge in [-0.05, 0) is 31.1 Å². The van der Waals surface area contributed by atoms with Crippen LogP contribution < -0.4 is 5.73 Å². The molecular weight excluding hydrogens is 206 g/mol. The first-order valence-electron chi connectivity index (χ1n) is 5.98. The van der Waals surface area contributed by atoms with E-state index in [0.717, 1.165) is 25.7 Å². The van der Waals surface area contributed by atoms with Crippen LogP contribution in [-0.4, -0.2) is 18.1 Å². The van der Waals surface area contributed by atoms with E-state index in [0.29, 0.717) is 6.42 Å². The summed E-state index contributed by atoms with van der Waals surface area (Å²) < 4.78 is 0. The molecule has 0 saturated heterocycles. The third-order valence-electron chi connectivity index (χ3n) is 2.67. The summed E-state index contributed by atoms with van der Waals surface area (Å²) >= 11 is 0. The summed E-state index contributed by atoms with van der Waals surface area (Å²) in [6.45, 7) is 5.98. The van der Waals surface area contributed by atoms with Crippen LogP contribution in [0.2, 0.25) is 0 Å². The fourth-order valence-corrected chi connectivity index (χ4v) is 1.77. The Balaban J connectivity index is 2.17. The van der Waals surface area contributed by atoms with Crippen molar-refractivity contribution in [2.75, 3.05) is 0 Å². The summed E-state index contributed by atoms with van der Waals surface area (Å²) in [7, 11) is 0. The van der Waals surface area contributed by atoms with Gasteiger partial charge in [0.2, 0.25) is 0 Å². The highest BCUT2D eigenvalue weighted by atomic mass is 17.2. The van der Waals surface area contributed by atoms with E-state index < -0.39 is 0 Å². The summed E-state index contributed by atoms with van der Waals surface area (Å²) in [5, 5.41) is 0. The molecule has 4 heteroatoms. The molecule has 0 aromatic heterocycles. The predicted molar refractivity (Wildman–Crippen MR) is 61.5 cm³/mol. The third kappa shape index (κ3) is 5.47. The molecule has 0 amide bonds. The van der Waals surface area contributed by atoms with Crippen LogP contribution in [0.3, 0.4) is 0 Å². The van der Waals surface area contributed by atoms with Crippen LogP contribution in [0.5, 0.6) is 0 Å². The van der Waals surface area contributed by atoms with E-state index in [4.69, 9.17) is 15.5 Å². The lowest BCUT2D eigenvalue weighted by molar-refractivity contribution is -0.303. The van der Waals surface area contributed by atoms with Gasteiger partial charge in [-0.1, -0.05) is 20.8 Å². The first-order chi connectivity index (χ1) is 7.37. The quantitative estimate of drug-likeness (QED) is 0.595. The Labute approximate surface area is 97.4 Å². The highest BCUT2D eigenvalue weighted by Gasteiger charge is 2.23. The molecule has 1 fully saturated rings. The van der Waals surface area contributed by atoms with E-state index in [2.05, 4.69) is 0 Å². The summed E-state index contributed by atoms with van der Waals surface area (Å²) in [6, 6.07) is 0.283. The molecule has 0 unspecified atom stereocenters. The number of carbonyl (C=O) groups is 1. The highest BCUT2D eigenvalue weighted by molar-refractivity contribution is 5.69. The van der Waals surface area contributed by atoms with E-state index >= 15 is 0 Å². The maximum absolute atomic E-state index is 11.4. The Morgan fingerprint density at radius 3 is 2.31 bits per heavy atom. The van der Waals surface area contributed by atoms with Crippen LogP contribution in [0.25, 0.3) is 0 Å². The molecule has 0 aromatic rings. The normalized spacial score (nSPS) is 26.5. The second kappa shape index (κ2) is 5.64. The van der Waals surface area contributed by atoms with Gasteiger partial charge in [0.1, 0.15) is 6.10 Å². The van der Waals surface area contributed by atoms with Crippen molar-refractivity contribution in [3.8, 4) is 0 Å². The molecule has 2 N–H and O–H groups in total. The molecule has 4 nitrogen and oxygen atoms in total. The lowest BCUT2D eigenvalue weighted by Crippen LogP contribution is -2.31. The molecule has 0 atom stereocenters. The van der Waals surface area contributed by atoms with Gasteiger partial charge in [0, 0.05) is 6.04 Å². The average Bonchev–Trinajstić information content (AvgIpc) is 2.14. The molecule has 94 valence electrons. The predicted octanol–water partition coefficient (Wildman–Crippen LogP) is 2.17. The van der Waals surface area contributed by atoms with Crippen molar-refractivity contribution >= 4 is 5.97 Å². The first-order valence-corrected chi connectivity index (χ1v) is 5.98. The SMILES string of the molecule is CC(C)(C)CC(=O)OOC1CCC(N)CC1. The Bertz CT molecular complexity index is 227. The number of nitrogens with two attached hydrogens (primary N) is 1. The monoisotopic (exact) mass is 229 g/mol. The fourth-order valence-electron chi connectivity index (χ4n) is 1.77. The summed E-state index contributed by atoms with van der Waals surface area (Å²) in [6.07, 6.45) is 4.06. The lowest BCUT2D eigenvalue weighted by atomic mass is 9.93. The van der Waals surface area contributed by atoms with Crippen LogP contribution in [0.4, 0.5) is 0 Å². The zero-order valence-electron chi connectivity index (χ0n) is 10.5. The van der Waals surface area contributed by atoms with Crippen molar-refractivity contribution in [1.82, 2.24) is 0 Å². The zero-order valence-corrected chi connectivity index (χ0v) is 10.5. The molecule has 0 aliphatic heterocycles. The Kier molecular flexibility index (Phi) is 4.74. The highest BCUT2D eigenvalue weighted by Crippen LogP contribution is 2.22. The van der Waals surface area contributed by atoms with E-state index in [1.807, 2.05) is 20.8 Å². The van der Waals surface area contributed by atoms with Crippen molar-refractivity contribution in [3.63, 3.8) is 0 Å². The van der Waals surface area contributed by atoms with Gasteiger partial charge >= 0.3 is 5.97 Å². The van der Waals surface area contributed by atoms with Gasteiger partial charge in [-0.15, -0.1) is 0 Å². The summed E-state index contributed by atoms with van der Waals surface area (Å²) in [4.78, 5) is 21.3. The Hall–Kier alpha value is -0.610. The van der Waals surface area contributed by atoms with Crippen LogP contribution in [0, 0.1) is 5.41 Å². The van der Waals surface area contributed by atoms with Crippen molar-refractivity contribution in [2.45, 2.75) is 65.0 Å². The maximum Gasteiger partial charge on any atom is 0.342 e. The molecule has 1 aliphatic rings. The Morgan fingerprint density at radius 2 is 1.81 bits per heavy atom. The minimum Gasteiger partial charge on any atom is -0.328 e. The van der Waals surface area contributed by atoms with Crippen LogP contribution in [0.15, 0.2) is 0 Å². The van der Waals surface area contributed by atoms with E-state index in [9.17, 15) is 4.79 Å². The molecule has 0 aromatic carbocycles. The smallest absolute Gasteiger partial charge is 0.328 e. The molecule has 1 rings (SSSR count). The summed E-state index contributed by atoms with van der Waals surface area (Å²) in [5.74, 6) is -0.289. The fraction of sp³-hybridized carbons (Fsp3) is 0.917. The molecule has 0 heterocycles. The number of hydrogen-bond donors (Lipinski definition) is 1. The van der Waals surface area contributed by atoms with Gasteiger partial charge in [0.25, 0.3) is 0 Å².